The molecule has 1 saturated heterocycles. The summed E-state index contributed by atoms with van der Waals surface area (Å²) < 4.78 is 5.22. The molecule has 3 aromatic rings. The van der Waals surface area contributed by atoms with E-state index in [9.17, 15) is 9.59 Å². The van der Waals surface area contributed by atoms with Crippen LogP contribution in [0.3, 0.4) is 0 Å². The monoisotopic (exact) mass is 446 g/mol. The molecule has 2 aromatic heterocycles. The maximum atomic E-state index is 13.5. The van der Waals surface area contributed by atoms with Gasteiger partial charge in [0.05, 0.1) is 11.1 Å². The van der Waals surface area contributed by atoms with E-state index in [1.165, 1.54) is 0 Å². The molecule has 0 aliphatic carbocycles. The lowest BCUT2D eigenvalue weighted by atomic mass is 9.73. The fourth-order valence-electron chi connectivity index (χ4n) is 4.86. The second-order valence-electron chi connectivity index (χ2n) is 8.74. The molecule has 1 aliphatic rings. The second kappa shape index (κ2) is 9.57. The Labute approximate surface area is 194 Å². The van der Waals surface area contributed by atoms with Crippen LogP contribution in [0.2, 0.25) is 0 Å². The van der Waals surface area contributed by atoms with Gasteiger partial charge in [0.1, 0.15) is 11.3 Å². The molecule has 4 rings (SSSR count). The molecule has 2 amide bonds. The average Bonchev–Trinajstić information content (AvgIpc) is 3.17. The quantitative estimate of drug-likeness (QED) is 0.619. The predicted octanol–water partition coefficient (Wildman–Crippen LogP) is 3.95. The lowest BCUT2D eigenvalue weighted by Gasteiger charge is -2.42. The van der Waals surface area contributed by atoms with Gasteiger partial charge >= 0.3 is 0 Å². The predicted molar refractivity (Wildman–Crippen MR) is 126 cm³/mol. The van der Waals surface area contributed by atoms with Crippen molar-refractivity contribution >= 4 is 11.8 Å². The number of carbonyl (C=O) groups is 2. The van der Waals surface area contributed by atoms with Crippen LogP contribution in [0.25, 0.3) is 11.1 Å². The third-order valence-corrected chi connectivity index (χ3v) is 6.47. The molecule has 0 bridgehead atoms. The highest BCUT2D eigenvalue weighted by atomic mass is 16.5. The number of nitrogens with zero attached hydrogens (tertiary/aromatic N) is 3. The van der Waals surface area contributed by atoms with Crippen molar-refractivity contribution in [2.75, 3.05) is 19.6 Å². The molecule has 3 heterocycles. The number of nitrogens with one attached hydrogen (secondary N) is 1. The van der Waals surface area contributed by atoms with Gasteiger partial charge in [-0.15, -0.1) is 0 Å². The fourth-order valence-corrected chi connectivity index (χ4v) is 4.86. The van der Waals surface area contributed by atoms with E-state index in [2.05, 4.69) is 27.6 Å². The van der Waals surface area contributed by atoms with Crippen molar-refractivity contribution in [3.05, 3.63) is 71.4 Å². The number of likely N-dealkylation sites (tertiary alicyclic amines) is 1. The summed E-state index contributed by atoms with van der Waals surface area (Å²) in [7, 11) is 0. The van der Waals surface area contributed by atoms with Crippen LogP contribution in [0.5, 0.6) is 0 Å². The smallest absolute Gasteiger partial charge is 0.259 e. The number of aryl methyl sites for hydroxylation is 2. The van der Waals surface area contributed by atoms with E-state index in [0.717, 1.165) is 29.5 Å². The molecule has 1 aliphatic heterocycles. The van der Waals surface area contributed by atoms with Crippen LogP contribution in [0.1, 0.15) is 47.1 Å². The second-order valence-corrected chi connectivity index (χ2v) is 8.74. The summed E-state index contributed by atoms with van der Waals surface area (Å²) in [6, 6.07) is 12.1. The highest BCUT2D eigenvalue weighted by molar-refractivity contribution is 5.97. The molecule has 7 heteroatoms. The Bertz CT molecular complexity index is 1120. The minimum Gasteiger partial charge on any atom is -0.361 e. The van der Waals surface area contributed by atoms with Gasteiger partial charge in [-0.25, -0.2) is 0 Å². The summed E-state index contributed by atoms with van der Waals surface area (Å²) in [4.78, 5) is 32.8. The van der Waals surface area contributed by atoms with E-state index in [1.54, 1.807) is 31.1 Å². The molecular formula is C26H30N4O3. The van der Waals surface area contributed by atoms with Crippen LogP contribution in [-0.2, 0) is 11.2 Å². The Morgan fingerprint density at radius 2 is 1.91 bits per heavy atom. The summed E-state index contributed by atoms with van der Waals surface area (Å²) in [5, 5.41) is 6.97. The Morgan fingerprint density at radius 3 is 2.61 bits per heavy atom. The molecule has 1 aromatic carbocycles. The van der Waals surface area contributed by atoms with Gasteiger partial charge in [-0.05, 0) is 68.9 Å². The number of aromatic nitrogens is 2. The number of hydrogen-bond acceptors (Lipinski definition) is 5. The van der Waals surface area contributed by atoms with Gasteiger partial charge in [-0.1, -0.05) is 29.4 Å². The normalized spacial score (nSPS) is 18.2. The van der Waals surface area contributed by atoms with E-state index in [4.69, 9.17) is 4.52 Å². The summed E-state index contributed by atoms with van der Waals surface area (Å²) in [5.41, 5.74) is 3.59. The summed E-state index contributed by atoms with van der Waals surface area (Å²) in [6.45, 7) is 6.95. The number of amides is 2. The van der Waals surface area contributed by atoms with Gasteiger partial charge in [0.15, 0.2) is 0 Å². The standard InChI is InChI=1S/C26H30N4O3/c1-4-28-25(32)26(16-21-8-5-6-9-22(21)20-10-13-27-14-11-20)12-7-15-30(17-26)24(31)23-18(2)29-33-19(23)3/h5-6,8-11,13-14H,4,7,12,15-17H2,1-3H3,(H,28,32)/t26-/m1/s1. The average molecular weight is 447 g/mol. The maximum absolute atomic E-state index is 13.5. The first-order chi connectivity index (χ1) is 15.9. The Kier molecular flexibility index (Phi) is 6.58. The van der Waals surface area contributed by atoms with Crippen LogP contribution in [-0.4, -0.2) is 46.5 Å². The topological polar surface area (TPSA) is 88.3 Å². The van der Waals surface area contributed by atoms with Gasteiger partial charge in [0.25, 0.3) is 5.91 Å². The zero-order valence-corrected chi connectivity index (χ0v) is 19.4. The molecule has 1 atom stereocenters. The highest BCUT2D eigenvalue weighted by Crippen LogP contribution is 2.38. The first kappa shape index (κ1) is 22.7. The number of piperidine rings is 1. The van der Waals surface area contributed by atoms with Gasteiger partial charge < -0.3 is 14.7 Å². The molecule has 33 heavy (non-hydrogen) atoms. The molecule has 172 valence electrons. The van der Waals surface area contributed by atoms with Crippen molar-refractivity contribution in [3.63, 3.8) is 0 Å². The van der Waals surface area contributed by atoms with Gasteiger partial charge in [-0.3, -0.25) is 14.6 Å². The van der Waals surface area contributed by atoms with Crippen LogP contribution < -0.4 is 5.32 Å². The SMILES string of the molecule is CCNC(=O)[C@@]1(Cc2ccccc2-c2ccncc2)CCCN(C(=O)c2c(C)noc2C)C1. The molecule has 0 radical (unpaired) electrons. The lowest BCUT2D eigenvalue weighted by Crippen LogP contribution is -2.54. The summed E-state index contributed by atoms with van der Waals surface area (Å²) in [5.74, 6) is 0.377. The summed E-state index contributed by atoms with van der Waals surface area (Å²) >= 11 is 0. The molecule has 0 unspecified atom stereocenters. The molecule has 0 saturated carbocycles. The van der Waals surface area contributed by atoms with E-state index >= 15 is 0 Å². The Morgan fingerprint density at radius 1 is 1.15 bits per heavy atom. The van der Waals surface area contributed by atoms with Crippen molar-refractivity contribution in [3.8, 4) is 11.1 Å². The minimum absolute atomic E-state index is 0.00852. The van der Waals surface area contributed by atoms with Gasteiger partial charge in [0.2, 0.25) is 5.91 Å². The number of hydrogen-bond donors (Lipinski definition) is 1. The van der Waals surface area contributed by atoms with Crippen LogP contribution in [0.15, 0.2) is 53.3 Å². The van der Waals surface area contributed by atoms with Crippen LogP contribution in [0, 0.1) is 19.3 Å². The zero-order valence-electron chi connectivity index (χ0n) is 19.4. The third-order valence-electron chi connectivity index (χ3n) is 6.47. The van der Waals surface area contributed by atoms with E-state index < -0.39 is 5.41 Å². The number of benzene rings is 1. The Hall–Kier alpha value is -3.48. The molecule has 1 fully saturated rings. The van der Waals surface area contributed by atoms with E-state index in [1.807, 2.05) is 31.2 Å². The number of rotatable bonds is 6. The van der Waals surface area contributed by atoms with E-state index in [0.29, 0.717) is 43.1 Å². The molecule has 7 nitrogen and oxygen atoms in total. The highest BCUT2D eigenvalue weighted by Gasteiger charge is 2.44. The first-order valence-corrected chi connectivity index (χ1v) is 11.4. The fraction of sp³-hybridized carbons (Fsp3) is 0.385. The van der Waals surface area contributed by atoms with Crippen LogP contribution >= 0.6 is 0 Å². The van der Waals surface area contributed by atoms with Crippen molar-refractivity contribution in [1.29, 1.82) is 0 Å². The molecule has 1 N–H and O–H groups in total. The largest absolute Gasteiger partial charge is 0.361 e. The van der Waals surface area contributed by atoms with Crippen molar-refractivity contribution in [2.45, 2.75) is 40.0 Å². The van der Waals surface area contributed by atoms with Gasteiger partial charge in [0, 0.05) is 32.0 Å². The van der Waals surface area contributed by atoms with Crippen molar-refractivity contribution in [1.82, 2.24) is 20.4 Å². The number of pyridine rings is 1. The van der Waals surface area contributed by atoms with Gasteiger partial charge in [-0.2, -0.15) is 0 Å². The minimum atomic E-state index is -0.716. The third kappa shape index (κ3) is 4.53. The molecule has 0 spiro atoms. The zero-order chi connectivity index (χ0) is 23.4. The van der Waals surface area contributed by atoms with E-state index in [-0.39, 0.29) is 11.8 Å². The Balaban J connectivity index is 1.70. The summed E-state index contributed by atoms with van der Waals surface area (Å²) in [6.07, 6.45) is 5.56. The molecular weight excluding hydrogens is 416 g/mol. The lowest BCUT2D eigenvalue weighted by molar-refractivity contribution is -0.133. The number of carbonyl (C=O) groups excluding carboxylic acids is 2. The van der Waals surface area contributed by atoms with Crippen molar-refractivity contribution in [2.24, 2.45) is 5.41 Å². The first-order valence-electron chi connectivity index (χ1n) is 11.4. The van der Waals surface area contributed by atoms with Crippen LogP contribution in [0.4, 0.5) is 0 Å². The van der Waals surface area contributed by atoms with Crippen molar-refractivity contribution < 1.29 is 14.1 Å². The maximum Gasteiger partial charge on any atom is 0.259 e.